The lowest BCUT2D eigenvalue weighted by atomic mass is 9.96. The van der Waals surface area contributed by atoms with E-state index in [0.29, 0.717) is 39.3 Å². The number of halogens is 3. The third-order valence-corrected chi connectivity index (χ3v) is 7.66. The number of carbonyl (C=O) groups excluding carboxylic acids is 1. The second-order valence-electron chi connectivity index (χ2n) is 10.0. The maximum absolute atomic E-state index is 14.1. The summed E-state index contributed by atoms with van der Waals surface area (Å²) in [7, 11) is 2.92. The molecule has 1 amide bonds. The lowest BCUT2D eigenvalue weighted by Crippen LogP contribution is -2.29. The van der Waals surface area contributed by atoms with E-state index in [1.807, 2.05) is 35.2 Å². The summed E-state index contributed by atoms with van der Waals surface area (Å²) in [4.78, 5) is 18.8. The normalized spacial score (nSPS) is 16.7. The van der Waals surface area contributed by atoms with Gasteiger partial charge in [0.2, 0.25) is 5.91 Å². The second-order valence-corrected chi connectivity index (χ2v) is 10.4. The lowest BCUT2D eigenvalue weighted by molar-refractivity contribution is -0.137. The number of nitrogens with zero attached hydrogens (tertiary/aromatic N) is 3. The number of amides is 1. The zero-order valence-corrected chi connectivity index (χ0v) is 24.7. The molecule has 4 aromatic rings. The van der Waals surface area contributed by atoms with Gasteiger partial charge in [0.1, 0.15) is 12.4 Å². The number of aryl methyl sites for hydroxylation is 1. The highest BCUT2D eigenvalue weighted by atomic mass is 32.1. The first-order chi connectivity index (χ1) is 20.5. The minimum atomic E-state index is -4.54. The molecule has 0 saturated carbocycles. The number of alkyl halides is 3. The molecule has 2 N–H and O–H groups in total. The molecule has 8 nitrogen and oxygen atoms in total. The maximum Gasteiger partial charge on any atom is 0.418 e. The first-order valence-electron chi connectivity index (χ1n) is 13.4. The van der Waals surface area contributed by atoms with Crippen molar-refractivity contribution >= 4 is 34.6 Å². The molecule has 0 spiro atoms. The van der Waals surface area contributed by atoms with Crippen molar-refractivity contribution in [1.29, 1.82) is 0 Å². The number of para-hydroxylation sites is 1. The number of hydrogen-bond acceptors (Lipinski definition) is 5. The number of aromatic nitrogens is 2. The molecule has 0 aliphatic carbocycles. The van der Waals surface area contributed by atoms with Crippen molar-refractivity contribution in [2.75, 3.05) is 31.0 Å². The molecule has 0 radical (unpaired) electrons. The summed E-state index contributed by atoms with van der Waals surface area (Å²) in [5.41, 5.74) is 3.08. The Morgan fingerprint density at radius 1 is 1.07 bits per heavy atom. The molecule has 0 unspecified atom stereocenters. The van der Waals surface area contributed by atoms with Crippen LogP contribution < -0.4 is 20.3 Å². The number of hydrogen-bond donors (Lipinski definition) is 2. The Hall–Kier alpha value is -4.42. The molecule has 1 aliphatic heterocycles. The van der Waals surface area contributed by atoms with Crippen LogP contribution in [0.5, 0.6) is 5.75 Å². The summed E-state index contributed by atoms with van der Waals surface area (Å²) in [5, 5.41) is 6.57. The van der Waals surface area contributed by atoms with Gasteiger partial charge in [-0.15, -0.1) is 0 Å². The van der Waals surface area contributed by atoms with Crippen LogP contribution in [-0.2, 0) is 15.7 Å². The number of rotatable bonds is 8. The van der Waals surface area contributed by atoms with E-state index in [1.165, 1.54) is 26.4 Å². The van der Waals surface area contributed by atoms with Crippen LogP contribution in [0.4, 0.5) is 24.5 Å². The molecule has 1 aliphatic rings. The van der Waals surface area contributed by atoms with Gasteiger partial charge in [0.25, 0.3) is 0 Å². The number of nitrogens with one attached hydrogen (secondary N) is 2. The quantitative estimate of drug-likeness (QED) is 0.228. The smallest absolute Gasteiger partial charge is 0.418 e. The van der Waals surface area contributed by atoms with Gasteiger partial charge in [-0.25, -0.2) is 0 Å². The molecular weight excluding hydrogens is 579 g/mol. The molecule has 5 rings (SSSR count). The van der Waals surface area contributed by atoms with Crippen molar-refractivity contribution in [3.05, 3.63) is 101 Å². The maximum atomic E-state index is 14.1. The van der Waals surface area contributed by atoms with Gasteiger partial charge in [-0.3, -0.25) is 9.78 Å². The fourth-order valence-electron chi connectivity index (χ4n) is 5.58. The number of pyridine rings is 1. The SMILES string of the molecule is COCC(=O)Nc1cc(N2C(=S)N[C@@H](c3ccccn3)[C@@H]2c2cc(C)n(-c3ccccc3C(F)(F)F)c2C)ccc1OC. The van der Waals surface area contributed by atoms with Gasteiger partial charge in [0.05, 0.1) is 41.8 Å². The average Bonchev–Trinajstić information content (AvgIpc) is 3.47. The van der Waals surface area contributed by atoms with Crippen LogP contribution in [0.3, 0.4) is 0 Å². The first kappa shape index (κ1) is 30.1. The lowest BCUT2D eigenvalue weighted by Gasteiger charge is -2.29. The predicted octanol–water partition coefficient (Wildman–Crippen LogP) is 6.28. The molecule has 2 aromatic heterocycles. The van der Waals surface area contributed by atoms with Gasteiger partial charge in [0.15, 0.2) is 5.11 Å². The van der Waals surface area contributed by atoms with Crippen LogP contribution in [0.15, 0.2) is 72.9 Å². The second kappa shape index (κ2) is 12.1. The van der Waals surface area contributed by atoms with Crippen molar-refractivity contribution < 1.29 is 27.4 Å². The molecule has 43 heavy (non-hydrogen) atoms. The molecule has 12 heteroatoms. The molecule has 1 fully saturated rings. The van der Waals surface area contributed by atoms with Gasteiger partial charge in [-0.1, -0.05) is 18.2 Å². The topological polar surface area (TPSA) is 80.7 Å². The summed E-state index contributed by atoms with van der Waals surface area (Å²) < 4.78 is 54.2. The van der Waals surface area contributed by atoms with Crippen LogP contribution in [0.25, 0.3) is 5.69 Å². The highest BCUT2D eigenvalue weighted by Crippen LogP contribution is 2.45. The number of ether oxygens (including phenoxy) is 2. The Morgan fingerprint density at radius 3 is 2.49 bits per heavy atom. The van der Waals surface area contributed by atoms with E-state index in [1.54, 1.807) is 42.8 Å². The third-order valence-electron chi connectivity index (χ3n) is 7.35. The van der Waals surface area contributed by atoms with Gasteiger partial charge in [-0.05, 0) is 80.2 Å². The fraction of sp³-hybridized carbons (Fsp3) is 0.258. The molecule has 1 saturated heterocycles. The van der Waals surface area contributed by atoms with E-state index >= 15 is 0 Å². The van der Waals surface area contributed by atoms with Crippen LogP contribution >= 0.6 is 12.2 Å². The van der Waals surface area contributed by atoms with E-state index in [9.17, 15) is 18.0 Å². The van der Waals surface area contributed by atoms with E-state index < -0.39 is 23.8 Å². The van der Waals surface area contributed by atoms with Crippen molar-refractivity contribution in [3.8, 4) is 11.4 Å². The van der Waals surface area contributed by atoms with Crippen molar-refractivity contribution in [1.82, 2.24) is 14.9 Å². The summed E-state index contributed by atoms with van der Waals surface area (Å²) in [6.45, 7) is 3.43. The van der Waals surface area contributed by atoms with Gasteiger partial charge in [-0.2, -0.15) is 13.2 Å². The van der Waals surface area contributed by atoms with Crippen molar-refractivity contribution in [2.45, 2.75) is 32.1 Å². The number of thiocarbonyl (C=S) groups is 1. The Morgan fingerprint density at radius 2 is 1.81 bits per heavy atom. The zero-order chi connectivity index (χ0) is 30.9. The van der Waals surface area contributed by atoms with E-state index in [-0.39, 0.29) is 18.2 Å². The minimum absolute atomic E-state index is 0.0401. The van der Waals surface area contributed by atoms with Gasteiger partial charge in [0, 0.05) is 30.4 Å². The van der Waals surface area contributed by atoms with Crippen LogP contribution in [-0.4, -0.2) is 41.4 Å². The van der Waals surface area contributed by atoms with Crippen molar-refractivity contribution in [3.63, 3.8) is 0 Å². The third kappa shape index (κ3) is 5.80. The van der Waals surface area contributed by atoms with Gasteiger partial charge < -0.3 is 29.6 Å². The molecule has 0 bridgehead atoms. The molecular formula is C31H30F3N5O3S. The Labute approximate surface area is 252 Å². The number of carbonyl (C=O) groups is 1. The highest BCUT2D eigenvalue weighted by Gasteiger charge is 2.43. The summed E-state index contributed by atoms with van der Waals surface area (Å²) in [6.07, 6.45) is -2.86. The monoisotopic (exact) mass is 609 g/mol. The molecule has 3 heterocycles. The predicted molar refractivity (Wildman–Crippen MR) is 162 cm³/mol. The number of benzene rings is 2. The first-order valence-corrected chi connectivity index (χ1v) is 13.8. The van der Waals surface area contributed by atoms with Crippen LogP contribution in [0.1, 0.15) is 40.3 Å². The average molecular weight is 610 g/mol. The summed E-state index contributed by atoms with van der Waals surface area (Å²) in [5.74, 6) is 0.0703. The largest absolute Gasteiger partial charge is 0.495 e. The molecule has 2 aromatic carbocycles. The molecule has 2 atom stereocenters. The van der Waals surface area contributed by atoms with E-state index in [2.05, 4.69) is 15.6 Å². The van der Waals surface area contributed by atoms with Gasteiger partial charge >= 0.3 is 6.18 Å². The van der Waals surface area contributed by atoms with E-state index in [4.69, 9.17) is 21.7 Å². The zero-order valence-electron chi connectivity index (χ0n) is 23.9. The molecule has 224 valence electrons. The number of methoxy groups -OCH3 is 2. The van der Waals surface area contributed by atoms with Crippen molar-refractivity contribution in [2.24, 2.45) is 0 Å². The fourth-order valence-corrected chi connectivity index (χ4v) is 5.92. The standard InChI is InChI=1S/C31H30F3N5O3S/c1-18-15-21(19(2)38(18)25-11-6-5-9-22(25)31(32,33)34)29-28(23-10-7-8-14-35-23)37-30(43)39(29)20-12-13-26(42-4)24(16-20)36-27(40)17-41-3/h5-16,28-29H,17H2,1-4H3,(H,36,40)(H,37,43)/t28-,29-/m0/s1. The Bertz CT molecular complexity index is 1660. The minimum Gasteiger partial charge on any atom is -0.495 e. The van der Waals surface area contributed by atoms with E-state index in [0.717, 1.165) is 11.6 Å². The van der Waals surface area contributed by atoms with Crippen LogP contribution in [0.2, 0.25) is 0 Å². The Balaban J connectivity index is 1.68. The Kier molecular flexibility index (Phi) is 8.43. The summed E-state index contributed by atoms with van der Waals surface area (Å²) in [6, 6.07) is 17.3. The highest BCUT2D eigenvalue weighted by molar-refractivity contribution is 7.80. The summed E-state index contributed by atoms with van der Waals surface area (Å²) >= 11 is 5.85. The van der Waals surface area contributed by atoms with Crippen LogP contribution in [0, 0.1) is 13.8 Å². The number of anilines is 2.